The van der Waals surface area contributed by atoms with E-state index in [2.05, 4.69) is 15.0 Å². The van der Waals surface area contributed by atoms with Crippen molar-refractivity contribution in [1.82, 2.24) is 15.0 Å². The van der Waals surface area contributed by atoms with Gasteiger partial charge < -0.3 is 9.47 Å². The first-order valence-corrected chi connectivity index (χ1v) is 5.69. The third-order valence-corrected chi connectivity index (χ3v) is 2.38. The molecule has 0 N–H and O–H groups in total. The zero-order valence-electron chi connectivity index (χ0n) is 10.5. The summed E-state index contributed by atoms with van der Waals surface area (Å²) >= 11 is 0. The molecule has 0 fully saturated rings. The van der Waals surface area contributed by atoms with Crippen LogP contribution in [0.5, 0.6) is 11.8 Å². The third-order valence-electron chi connectivity index (χ3n) is 2.38. The number of hydrogen-bond donors (Lipinski definition) is 0. The SMILES string of the molecule is COc1cccc(CCOc2cc(C)ncn2)n1. The van der Waals surface area contributed by atoms with Gasteiger partial charge in [-0.05, 0) is 13.0 Å². The van der Waals surface area contributed by atoms with Gasteiger partial charge in [-0.25, -0.2) is 15.0 Å². The van der Waals surface area contributed by atoms with E-state index in [1.165, 1.54) is 6.33 Å². The van der Waals surface area contributed by atoms with Gasteiger partial charge in [0.2, 0.25) is 11.8 Å². The van der Waals surface area contributed by atoms with Gasteiger partial charge in [-0.3, -0.25) is 0 Å². The van der Waals surface area contributed by atoms with Gasteiger partial charge in [-0.2, -0.15) is 0 Å². The summed E-state index contributed by atoms with van der Waals surface area (Å²) in [5.41, 5.74) is 1.82. The van der Waals surface area contributed by atoms with Gasteiger partial charge in [0.05, 0.1) is 13.7 Å². The second kappa shape index (κ2) is 5.95. The van der Waals surface area contributed by atoms with Gasteiger partial charge in [0.1, 0.15) is 6.33 Å². The summed E-state index contributed by atoms with van der Waals surface area (Å²) in [6.45, 7) is 2.43. The second-order valence-electron chi connectivity index (χ2n) is 3.77. The Kier molecular flexibility index (Phi) is 4.06. The number of ether oxygens (including phenoxy) is 2. The largest absolute Gasteiger partial charge is 0.481 e. The Balaban J connectivity index is 1.88. The lowest BCUT2D eigenvalue weighted by molar-refractivity contribution is 0.306. The molecule has 0 saturated heterocycles. The van der Waals surface area contributed by atoms with E-state index in [0.717, 1.165) is 11.4 Å². The maximum absolute atomic E-state index is 5.53. The first kappa shape index (κ1) is 12.3. The van der Waals surface area contributed by atoms with Crippen molar-refractivity contribution in [2.24, 2.45) is 0 Å². The molecule has 0 radical (unpaired) electrons. The van der Waals surface area contributed by atoms with Crippen molar-refractivity contribution in [1.29, 1.82) is 0 Å². The molecule has 18 heavy (non-hydrogen) atoms. The molecule has 0 bridgehead atoms. The molecular weight excluding hydrogens is 230 g/mol. The lowest BCUT2D eigenvalue weighted by atomic mass is 10.3. The summed E-state index contributed by atoms with van der Waals surface area (Å²) in [7, 11) is 1.60. The topological polar surface area (TPSA) is 57.1 Å². The van der Waals surface area contributed by atoms with Crippen LogP contribution in [0.15, 0.2) is 30.6 Å². The number of rotatable bonds is 5. The Morgan fingerprint density at radius 2 is 2.06 bits per heavy atom. The van der Waals surface area contributed by atoms with E-state index in [0.29, 0.717) is 24.8 Å². The van der Waals surface area contributed by atoms with Gasteiger partial charge in [-0.15, -0.1) is 0 Å². The standard InChI is InChI=1S/C13H15N3O2/c1-10-8-13(15-9-14-10)18-7-6-11-4-3-5-12(16-11)17-2/h3-5,8-9H,6-7H2,1-2H3. The van der Waals surface area contributed by atoms with Crippen molar-refractivity contribution in [3.8, 4) is 11.8 Å². The Morgan fingerprint density at radius 1 is 1.17 bits per heavy atom. The average molecular weight is 245 g/mol. The van der Waals surface area contributed by atoms with E-state index in [9.17, 15) is 0 Å². The van der Waals surface area contributed by atoms with Gasteiger partial charge in [0.25, 0.3) is 0 Å². The molecule has 0 aromatic carbocycles. The first-order valence-electron chi connectivity index (χ1n) is 5.69. The first-order chi connectivity index (χ1) is 8.78. The zero-order valence-corrected chi connectivity index (χ0v) is 10.5. The highest BCUT2D eigenvalue weighted by Crippen LogP contribution is 2.09. The highest BCUT2D eigenvalue weighted by molar-refractivity contribution is 5.16. The van der Waals surface area contributed by atoms with Crippen molar-refractivity contribution in [3.05, 3.63) is 42.0 Å². The molecule has 0 amide bonds. The van der Waals surface area contributed by atoms with Crippen LogP contribution in [0.1, 0.15) is 11.4 Å². The smallest absolute Gasteiger partial charge is 0.216 e. The maximum atomic E-state index is 5.53. The Hall–Kier alpha value is -2.17. The highest BCUT2D eigenvalue weighted by Gasteiger charge is 2.00. The lowest BCUT2D eigenvalue weighted by Gasteiger charge is -2.06. The minimum atomic E-state index is 0.524. The van der Waals surface area contributed by atoms with Crippen molar-refractivity contribution in [2.45, 2.75) is 13.3 Å². The molecule has 0 aliphatic carbocycles. The van der Waals surface area contributed by atoms with Crippen LogP contribution in [-0.4, -0.2) is 28.7 Å². The van der Waals surface area contributed by atoms with Crippen LogP contribution in [0, 0.1) is 6.92 Å². The fourth-order valence-electron chi connectivity index (χ4n) is 1.48. The molecular formula is C13H15N3O2. The van der Waals surface area contributed by atoms with Crippen LogP contribution < -0.4 is 9.47 Å². The van der Waals surface area contributed by atoms with E-state index in [1.807, 2.05) is 25.1 Å². The molecule has 5 heteroatoms. The summed E-state index contributed by atoms with van der Waals surface area (Å²) in [6, 6.07) is 7.48. The van der Waals surface area contributed by atoms with Crippen molar-refractivity contribution < 1.29 is 9.47 Å². The molecule has 2 rings (SSSR count). The zero-order chi connectivity index (χ0) is 12.8. The highest BCUT2D eigenvalue weighted by atomic mass is 16.5. The predicted octanol–water partition coefficient (Wildman–Crippen LogP) is 1.81. The van der Waals surface area contributed by atoms with Crippen LogP contribution in [0.4, 0.5) is 0 Å². The van der Waals surface area contributed by atoms with Crippen LogP contribution in [-0.2, 0) is 6.42 Å². The van der Waals surface area contributed by atoms with Gasteiger partial charge in [-0.1, -0.05) is 6.07 Å². The van der Waals surface area contributed by atoms with Gasteiger partial charge >= 0.3 is 0 Å². The molecule has 94 valence electrons. The van der Waals surface area contributed by atoms with Crippen molar-refractivity contribution in [2.75, 3.05) is 13.7 Å². The van der Waals surface area contributed by atoms with E-state index in [-0.39, 0.29) is 0 Å². The number of methoxy groups -OCH3 is 1. The molecule has 0 spiro atoms. The van der Waals surface area contributed by atoms with Gasteiger partial charge in [0, 0.05) is 29.9 Å². The summed E-state index contributed by atoms with van der Waals surface area (Å²) < 4.78 is 10.6. The molecule has 2 aromatic rings. The fraction of sp³-hybridized carbons (Fsp3) is 0.308. The minimum Gasteiger partial charge on any atom is -0.481 e. The van der Waals surface area contributed by atoms with Crippen LogP contribution in [0.25, 0.3) is 0 Å². The quantitative estimate of drug-likeness (QED) is 0.804. The monoisotopic (exact) mass is 245 g/mol. The predicted molar refractivity (Wildman–Crippen MR) is 66.8 cm³/mol. The summed E-state index contributed by atoms with van der Waals surface area (Å²) in [6.07, 6.45) is 2.20. The Labute approximate surface area is 106 Å². The molecule has 5 nitrogen and oxygen atoms in total. The van der Waals surface area contributed by atoms with Crippen LogP contribution in [0.3, 0.4) is 0 Å². The molecule has 0 saturated carbocycles. The van der Waals surface area contributed by atoms with E-state index in [4.69, 9.17) is 9.47 Å². The van der Waals surface area contributed by atoms with E-state index in [1.54, 1.807) is 13.2 Å². The molecule has 0 unspecified atom stereocenters. The number of hydrogen-bond acceptors (Lipinski definition) is 5. The minimum absolute atomic E-state index is 0.524. The summed E-state index contributed by atoms with van der Waals surface area (Å²) in [4.78, 5) is 12.3. The number of nitrogens with zero attached hydrogens (tertiary/aromatic N) is 3. The molecule has 0 aliphatic heterocycles. The fourth-order valence-corrected chi connectivity index (χ4v) is 1.48. The van der Waals surface area contributed by atoms with Crippen LogP contribution >= 0.6 is 0 Å². The molecule has 0 atom stereocenters. The number of aromatic nitrogens is 3. The third kappa shape index (κ3) is 3.41. The van der Waals surface area contributed by atoms with Crippen molar-refractivity contribution >= 4 is 0 Å². The molecule has 0 aliphatic rings. The Bertz CT molecular complexity index is 517. The lowest BCUT2D eigenvalue weighted by Crippen LogP contribution is -2.05. The number of aryl methyl sites for hydroxylation is 1. The normalized spacial score (nSPS) is 10.1. The summed E-state index contributed by atoms with van der Waals surface area (Å²) in [5.74, 6) is 1.20. The van der Waals surface area contributed by atoms with Crippen LogP contribution in [0.2, 0.25) is 0 Å². The van der Waals surface area contributed by atoms with Crippen molar-refractivity contribution in [3.63, 3.8) is 0 Å². The summed E-state index contributed by atoms with van der Waals surface area (Å²) in [5, 5.41) is 0. The Morgan fingerprint density at radius 3 is 2.83 bits per heavy atom. The van der Waals surface area contributed by atoms with E-state index < -0.39 is 0 Å². The average Bonchev–Trinajstić information content (AvgIpc) is 2.39. The molecule has 2 aromatic heterocycles. The van der Waals surface area contributed by atoms with Gasteiger partial charge in [0.15, 0.2) is 0 Å². The second-order valence-corrected chi connectivity index (χ2v) is 3.77. The maximum Gasteiger partial charge on any atom is 0.216 e. The molecule has 2 heterocycles. The number of pyridine rings is 1. The van der Waals surface area contributed by atoms with E-state index >= 15 is 0 Å².